The average Bonchev–Trinajstić information content (AvgIpc) is 3.41. The van der Waals surface area contributed by atoms with Gasteiger partial charge in [-0.05, 0) is 63.9 Å². The number of fused-ring (bicyclic) bond motifs is 3. The van der Waals surface area contributed by atoms with Crippen molar-refractivity contribution < 1.29 is 68.2 Å². The van der Waals surface area contributed by atoms with Crippen LogP contribution in [0.1, 0.15) is 102 Å². The molecule has 6 atom stereocenters. The van der Waals surface area contributed by atoms with Crippen LogP contribution >= 0.6 is 12.2 Å². The number of nitrogens with one attached hydrogen (secondary N) is 1. The summed E-state index contributed by atoms with van der Waals surface area (Å²) in [4.78, 5) is 40.7. The highest BCUT2D eigenvalue weighted by Crippen LogP contribution is 2.52. The van der Waals surface area contributed by atoms with E-state index in [1.165, 1.54) is 25.3 Å². The summed E-state index contributed by atoms with van der Waals surface area (Å²) < 4.78 is 35.7. The van der Waals surface area contributed by atoms with Crippen molar-refractivity contribution >= 4 is 47.3 Å². The molecule has 2 aliphatic carbocycles. The van der Waals surface area contributed by atoms with Gasteiger partial charge in [0.25, 0.3) is 5.17 Å². The lowest BCUT2D eigenvalue weighted by molar-refractivity contribution is -0.248. The highest BCUT2D eigenvalue weighted by atomic mass is 32.1. The van der Waals surface area contributed by atoms with Gasteiger partial charge in [-0.2, -0.15) is 0 Å². The van der Waals surface area contributed by atoms with Gasteiger partial charge >= 0.3 is 7.12 Å². The number of methoxy groups -OCH3 is 1. The predicted octanol–water partition coefficient (Wildman–Crippen LogP) is 2.43. The average molecular weight is 820 g/mol. The van der Waals surface area contributed by atoms with Crippen molar-refractivity contribution in [2.75, 3.05) is 13.7 Å². The van der Waals surface area contributed by atoms with Crippen molar-refractivity contribution in [3.8, 4) is 17.2 Å². The second kappa shape index (κ2) is 15.3. The van der Waals surface area contributed by atoms with Crippen LogP contribution in [0.5, 0.6) is 17.2 Å². The molecule has 2 heterocycles. The Hall–Kier alpha value is -4.46. The zero-order valence-corrected chi connectivity index (χ0v) is 33.7. The molecule has 3 aromatic carbocycles. The maximum atomic E-state index is 14.0. The smallest absolute Gasteiger partial charge is 0.494 e. The maximum absolute atomic E-state index is 14.0. The monoisotopic (exact) mass is 819 g/mol. The largest absolute Gasteiger partial charge is 0.507 e. The predicted molar refractivity (Wildman–Crippen MR) is 210 cm³/mol. The second-order valence-corrected chi connectivity index (χ2v) is 16.5. The van der Waals surface area contributed by atoms with Crippen LogP contribution in [0.25, 0.3) is 0 Å². The van der Waals surface area contributed by atoms with Crippen LogP contribution in [0, 0.1) is 0 Å². The number of aliphatic hydroxyl groups is 3. The molecule has 0 bridgehead atoms. The van der Waals surface area contributed by atoms with E-state index < -0.39 is 114 Å². The van der Waals surface area contributed by atoms with Crippen molar-refractivity contribution in [2.24, 2.45) is 0 Å². The van der Waals surface area contributed by atoms with Gasteiger partial charge < -0.3 is 59.1 Å². The molecule has 0 radical (unpaired) electrons. The first-order valence-corrected chi connectivity index (χ1v) is 19.3. The summed E-state index contributed by atoms with van der Waals surface area (Å²) in [5.41, 5.74) is -3.18. The van der Waals surface area contributed by atoms with Gasteiger partial charge in [-0.15, -0.1) is 0 Å². The fourth-order valence-corrected chi connectivity index (χ4v) is 8.16. The Morgan fingerprint density at radius 3 is 2.28 bits per heavy atom. The van der Waals surface area contributed by atoms with Crippen molar-refractivity contribution in [2.45, 2.75) is 108 Å². The summed E-state index contributed by atoms with van der Waals surface area (Å²) in [5.74, 6) is -3.94. The molecule has 3 aromatic rings. The van der Waals surface area contributed by atoms with E-state index in [4.69, 9.17) is 40.5 Å². The number of carbonyl (C=O) groups is 3. The maximum Gasteiger partial charge on any atom is 0.494 e. The van der Waals surface area contributed by atoms with Gasteiger partial charge in [0, 0.05) is 36.0 Å². The lowest BCUT2D eigenvalue weighted by Gasteiger charge is -2.43. The third kappa shape index (κ3) is 7.17. The van der Waals surface area contributed by atoms with E-state index in [1.807, 2.05) is 52.0 Å². The summed E-state index contributed by atoms with van der Waals surface area (Å²) in [7, 11) is 0.802. The number of rotatable bonds is 9. The normalized spacial score (nSPS) is 27.0. The Kier molecular flexibility index (Phi) is 11.0. The number of aliphatic hydroxyl groups excluding tert-OH is 2. The number of hydrogen-bond acceptors (Lipinski definition) is 15. The van der Waals surface area contributed by atoms with Crippen molar-refractivity contribution in [3.63, 3.8) is 0 Å². The molecule has 6 N–H and O–H groups in total. The molecule has 0 saturated carbocycles. The number of carbonyl (C=O) groups excluding carboxylic acids is 3. The molecule has 2 aliphatic heterocycles. The minimum Gasteiger partial charge on any atom is -0.507 e. The number of thiocarbonyl (C=S) groups is 1. The van der Waals surface area contributed by atoms with Crippen LogP contribution in [0.15, 0.2) is 42.5 Å². The molecule has 0 spiro atoms. The fraction of sp³-hybridized carbons (Fsp3) is 0.463. The van der Waals surface area contributed by atoms with E-state index in [1.54, 1.807) is 6.92 Å². The molecule has 15 nitrogen and oxygen atoms in total. The number of phenolic OH excluding ortho intramolecular Hbond substituents is 2. The van der Waals surface area contributed by atoms with E-state index in [0.29, 0.717) is 0 Å². The van der Waals surface area contributed by atoms with Gasteiger partial charge in [0.05, 0.1) is 53.3 Å². The van der Waals surface area contributed by atoms with Crippen LogP contribution in [0.3, 0.4) is 0 Å². The Labute approximate surface area is 340 Å². The van der Waals surface area contributed by atoms with Gasteiger partial charge in [0.15, 0.2) is 17.9 Å². The zero-order valence-electron chi connectivity index (χ0n) is 32.9. The SMILES string of the molecule is COc1cccc2c1C(=O)c1c(O)c3c(c(O)c1C2=O)C[C@@](O)(C(=O)CO)C[C@@H]3O[C@H]1C[C@H](NC(=S)OCc2ccc(B3OC(C)(C)C(C)(C)O3)cc2)[C@@H](O)[C@H](C)O1. The molecule has 2 saturated heterocycles. The molecule has 0 amide bonds. The number of aromatic hydroxyl groups is 2. The third-order valence-corrected chi connectivity index (χ3v) is 12.2. The molecule has 4 aliphatic rings. The Morgan fingerprint density at radius 1 is 0.983 bits per heavy atom. The summed E-state index contributed by atoms with van der Waals surface area (Å²) in [6.07, 6.45) is -5.77. The first-order valence-electron chi connectivity index (χ1n) is 18.9. The van der Waals surface area contributed by atoms with E-state index in [-0.39, 0.29) is 46.2 Å². The molecule has 7 rings (SSSR count). The molecule has 308 valence electrons. The number of benzene rings is 3. The van der Waals surface area contributed by atoms with Gasteiger partial charge in [0.1, 0.15) is 42.2 Å². The van der Waals surface area contributed by atoms with E-state index in [9.17, 15) is 39.9 Å². The quantitative estimate of drug-likeness (QED) is 0.0812. The van der Waals surface area contributed by atoms with E-state index in [0.717, 1.165) is 11.0 Å². The lowest BCUT2D eigenvalue weighted by Crippen LogP contribution is -2.55. The third-order valence-electron chi connectivity index (χ3n) is 11.9. The van der Waals surface area contributed by atoms with Crippen molar-refractivity contribution in [3.05, 3.63) is 81.4 Å². The van der Waals surface area contributed by atoms with Crippen LogP contribution in [0.2, 0.25) is 0 Å². The Bertz CT molecular complexity index is 2160. The first-order chi connectivity index (χ1) is 27.3. The van der Waals surface area contributed by atoms with Crippen LogP contribution in [-0.4, -0.2) is 110 Å². The standard InChI is InChI=1S/C41H46BNO14S/c1-19-33(46)24(43-38(58)53-18-20-10-12-21(13-11-20)42-56-39(2,3)40(4,5)57-42)14-28(54-19)55-26-16-41(51,27(45)17-44)15-23-30(26)37(50)32-31(35(23)48)34(47)22-8-7-9-25(52-6)29(22)36(32)49/h7-13,19,24,26,28,33,44,46,48,50-51H,14-18H2,1-6H3,(H,43,58)/t19-,24-,26-,28-,33-,41-/m0/s1. The number of ether oxygens (including phenoxy) is 4. The Balaban J connectivity index is 1.10. The highest BCUT2D eigenvalue weighted by Gasteiger charge is 2.52. The van der Waals surface area contributed by atoms with Gasteiger partial charge in [-0.3, -0.25) is 14.4 Å². The van der Waals surface area contributed by atoms with Crippen LogP contribution in [-0.2, 0) is 41.3 Å². The molecule has 58 heavy (non-hydrogen) atoms. The summed E-state index contributed by atoms with van der Waals surface area (Å²) in [6, 6.07) is 11.1. The Morgan fingerprint density at radius 2 is 1.64 bits per heavy atom. The van der Waals surface area contributed by atoms with Gasteiger partial charge in [-0.25, -0.2) is 0 Å². The summed E-state index contributed by atoms with van der Waals surface area (Å²) in [5, 5.41) is 58.9. The lowest BCUT2D eigenvalue weighted by atomic mass is 9.72. The van der Waals surface area contributed by atoms with Gasteiger partial charge in [-0.1, -0.05) is 36.4 Å². The van der Waals surface area contributed by atoms with Crippen LogP contribution in [0.4, 0.5) is 0 Å². The minimum absolute atomic E-state index is 0.0223. The first kappa shape index (κ1) is 41.7. The molecule has 17 heteroatoms. The van der Waals surface area contributed by atoms with Crippen molar-refractivity contribution in [1.29, 1.82) is 0 Å². The molecular weight excluding hydrogens is 773 g/mol. The van der Waals surface area contributed by atoms with Crippen LogP contribution < -0.4 is 15.5 Å². The van der Waals surface area contributed by atoms with Crippen molar-refractivity contribution in [1.82, 2.24) is 5.32 Å². The van der Waals surface area contributed by atoms with E-state index >= 15 is 0 Å². The molecule has 0 aromatic heterocycles. The minimum atomic E-state index is -2.32. The number of hydrogen-bond donors (Lipinski definition) is 6. The van der Waals surface area contributed by atoms with E-state index in [2.05, 4.69) is 5.32 Å². The highest BCUT2D eigenvalue weighted by molar-refractivity contribution is 7.80. The second-order valence-electron chi connectivity index (χ2n) is 16.2. The fourth-order valence-electron chi connectivity index (χ4n) is 7.95. The topological polar surface area (TPSA) is 220 Å². The zero-order chi connectivity index (χ0) is 42.1. The van der Waals surface area contributed by atoms with Gasteiger partial charge in [0.2, 0.25) is 5.78 Å². The number of ketones is 3. The molecule has 2 fully saturated rings. The number of Topliss-reactive ketones (excluding diaryl/α,β-unsaturated/α-hetero) is 1. The molecular formula is C41H46BNO14S. The number of phenols is 2. The molecule has 0 unspecified atom stereocenters. The summed E-state index contributed by atoms with van der Waals surface area (Å²) in [6.45, 7) is 8.57. The summed E-state index contributed by atoms with van der Waals surface area (Å²) >= 11 is 5.48.